The van der Waals surface area contributed by atoms with Crippen LogP contribution in [0.5, 0.6) is 0 Å². The Balaban J connectivity index is 3.45. The molecule has 0 fully saturated rings. The fraction of sp³-hybridized carbons (Fsp3) is 0.929. The highest BCUT2D eigenvalue weighted by Gasteiger charge is 2.25. The number of unbranched alkanes of at least 4 members (excludes halogenated alkanes) is 8. The van der Waals surface area contributed by atoms with Crippen molar-refractivity contribution in [3.05, 3.63) is 0 Å². The molecule has 0 heterocycles. The molecule has 5 nitrogen and oxygen atoms in total. The van der Waals surface area contributed by atoms with Gasteiger partial charge in [-0.25, -0.2) is 4.18 Å². The standard InChI is InChI=1S/C14H28O5S/c1-14(16,19-20(2,17)18)12-10-8-6-4-3-5-7-9-11-13-15/h13,16H,3-12H2,1-2H3. The molecule has 0 saturated carbocycles. The predicted molar refractivity (Wildman–Crippen MR) is 78.8 cm³/mol. The highest BCUT2D eigenvalue weighted by molar-refractivity contribution is 7.86. The van der Waals surface area contributed by atoms with Crippen molar-refractivity contribution < 1.29 is 22.5 Å². The van der Waals surface area contributed by atoms with Gasteiger partial charge in [0.05, 0.1) is 6.26 Å². The van der Waals surface area contributed by atoms with E-state index < -0.39 is 15.9 Å². The summed E-state index contributed by atoms with van der Waals surface area (Å²) in [4.78, 5) is 10.1. The Labute approximate surface area is 122 Å². The zero-order chi connectivity index (χ0) is 15.5. The third kappa shape index (κ3) is 14.0. The molecule has 20 heavy (non-hydrogen) atoms. The van der Waals surface area contributed by atoms with Gasteiger partial charge in [-0.15, -0.1) is 0 Å². The molecule has 0 aromatic rings. The maximum absolute atomic E-state index is 10.9. The molecule has 0 radical (unpaired) electrons. The van der Waals surface area contributed by atoms with Crippen LogP contribution in [0.3, 0.4) is 0 Å². The first-order valence-electron chi connectivity index (χ1n) is 7.33. The molecule has 1 atom stereocenters. The number of aldehydes is 1. The van der Waals surface area contributed by atoms with Gasteiger partial charge in [0, 0.05) is 12.8 Å². The van der Waals surface area contributed by atoms with Crippen LogP contribution in [-0.2, 0) is 19.1 Å². The van der Waals surface area contributed by atoms with Crippen molar-refractivity contribution in [2.75, 3.05) is 6.26 Å². The lowest BCUT2D eigenvalue weighted by molar-refractivity contribution is -0.123. The van der Waals surface area contributed by atoms with E-state index in [0.717, 1.165) is 63.9 Å². The van der Waals surface area contributed by atoms with Crippen molar-refractivity contribution in [2.24, 2.45) is 0 Å². The fourth-order valence-corrected chi connectivity index (χ4v) is 2.84. The van der Waals surface area contributed by atoms with Crippen LogP contribution in [0.1, 0.15) is 71.1 Å². The third-order valence-electron chi connectivity index (χ3n) is 3.04. The van der Waals surface area contributed by atoms with Crippen LogP contribution in [0.15, 0.2) is 0 Å². The van der Waals surface area contributed by atoms with Crippen LogP contribution in [-0.4, -0.2) is 31.9 Å². The first-order valence-corrected chi connectivity index (χ1v) is 9.15. The number of hydrogen-bond acceptors (Lipinski definition) is 5. The maximum atomic E-state index is 10.9. The Hall–Kier alpha value is -0.460. The van der Waals surface area contributed by atoms with Crippen molar-refractivity contribution >= 4 is 16.4 Å². The van der Waals surface area contributed by atoms with Crippen molar-refractivity contribution in [3.63, 3.8) is 0 Å². The van der Waals surface area contributed by atoms with Crippen LogP contribution in [0, 0.1) is 0 Å². The van der Waals surface area contributed by atoms with Gasteiger partial charge in [-0.3, -0.25) is 0 Å². The molecule has 120 valence electrons. The third-order valence-corrected chi connectivity index (χ3v) is 3.71. The SMILES string of the molecule is CC(O)(CCCCCCCCCCC=O)OS(C)(=O)=O. The zero-order valence-electron chi connectivity index (χ0n) is 12.6. The van der Waals surface area contributed by atoms with Crippen LogP contribution >= 0.6 is 0 Å². The van der Waals surface area contributed by atoms with Crippen molar-refractivity contribution in [2.45, 2.75) is 76.9 Å². The van der Waals surface area contributed by atoms with Gasteiger partial charge in [0.15, 0.2) is 5.79 Å². The minimum atomic E-state index is -3.62. The molecule has 1 N–H and O–H groups in total. The number of carbonyl (C=O) groups is 1. The molecule has 0 aromatic carbocycles. The van der Waals surface area contributed by atoms with E-state index in [4.69, 9.17) is 0 Å². The Morgan fingerprint density at radius 1 is 1.00 bits per heavy atom. The van der Waals surface area contributed by atoms with Crippen LogP contribution in [0.2, 0.25) is 0 Å². The van der Waals surface area contributed by atoms with Crippen LogP contribution in [0.25, 0.3) is 0 Å². The Bertz CT molecular complexity index is 349. The summed E-state index contributed by atoms with van der Waals surface area (Å²) in [6.07, 6.45) is 11.2. The summed E-state index contributed by atoms with van der Waals surface area (Å²) in [7, 11) is -3.62. The molecule has 0 aromatic heterocycles. The van der Waals surface area contributed by atoms with Gasteiger partial charge in [-0.05, 0) is 19.8 Å². The lowest BCUT2D eigenvalue weighted by atomic mass is 10.0. The second-order valence-corrected chi connectivity index (χ2v) is 7.07. The van der Waals surface area contributed by atoms with Gasteiger partial charge in [-0.2, -0.15) is 8.42 Å². The van der Waals surface area contributed by atoms with E-state index in [9.17, 15) is 18.3 Å². The number of hydrogen-bond donors (Lipinski definition) is 1. The van der Waals surface area contributed by atoms with Gasteiger partial charge in [0.1, 0.15) is 6.29 Å². The molecule has 0 rings (SSSR count). The molecule has 0 saturated heterocycles. The predicted octanol–water partition coefficient (Wildman–Crippen LogP) is 2.77. The summed E-state index contributed by atoms with van der Waals surface area (Å²) in [6, 6.07) is 0. The number of rotatable bonds is 13. The van der Waals surface area contributed by atoms with Gasteiger partial charge < -0.3 is 9.90 Å². The minimum Gasteiger partial charge on any atom is -0.365 e. The summed E-state index contributed by atoms with van der Waals surface area (Å²) >= 11 is 0. The fourth-order valence-electron chi connectivity index (χ4n) is 2.11. The average molecular weight is 308 g/mol. The largest absolute Gasteiger partial charge is 0.365 e. The van der Waals surface area contributed by atoms with E-state index in [1.165, 1.54) is 6.92 Å². The molecule has 1 unspecified atom stereocenters. The Morgan fingerprint density at radius 2 is 1.45 bits per heavy atom. The summed E-state index contributed by atoms with van der Waals surface area (Å²) in [5.41, 5.74) is 0. The van der Waals surface area contributed by atoms with E-state index in [1.807, 2.05) is 0 Å². The van der Waals surface area contributed by atoms with Gasteiger partial charge in [0.25, 0.3) is 10.1 Å². The molecule has 6 heteroatoms. The van der Waals surface area contributed by atoms with E-state index in [2.05, 4.69) is 4.18 Å². The molecule has 0 aliphatic carbocycles. The van der Waals surface area contributed by atoms with Gasteiger partial charge >= 0.3 is 0 Å². The summed E-state index contributed by atoms with van der Waals surface area (Å²) in [5.74, 6) is -1.59. The normalized spacial score (nSPS) is 14.9. The molecule has 0 amide bonds. The highest BCUT2D eigenvalue weighted by Crippen LogP contribution is 2.19. The Morgan fingerprint density at radius 3 is 1.90 bits per heavy atom. The smallest absolute Gasteiger partial charge is 0.267 e. The highest BCUT2D eigenvalue weighted by atomic mass is 32.2. The maximum Gasteiger partial charge on any atom is 0.267 e. The van der Waals surface area contributed by atoms with Gasteiger partial charge in [-0.1, -0.05) is 38.5 Å². The van der Waals surface area contributed by atoms with Gasteiger partial charge in [0.2, 0.25) is 0 Å². The topological polar surface area (TPSA) is 80.7 Å². The van der Waals surface area contributed by atoms with Crippen molar-refractivity contribution in [3.8, 4) is 0 Å². The molecular weight excluding hydrogens is 280 g/mol. The van der Waals surface area contributed by atoms with E-state index in [1.54, 1.807) is 0 Å². The molecule has 0 aliphatic heterocycles. The summed E-state index contributed by atoms with van der Waals surface area (Å²) < 4.78 is 26.5. The van der Waals surface area contributed by atoms with E-state index in [-0.39, 0.29) is 0 Å². The monoisotopic (exact) mass is 308 g/mol. The lowest BCUT2D eigenvalue weighted by Crippen LogP contribution is -2.30. The second-order valence-electron chi connectivity index (χ2n) is 5.50. The zero-order valence-corrected chi connectivity index (χ0v) is 13.5. The van der Waals surface area contributed by atoms with Crippen LogP contribution < -0.4 is 0 Å². The minimum absolute atomic E-state index is 0.319. The van der Waals surface area contributed by atoms with Crippen molar-refractivity contribution in [1.29, 1.82) is 0 Å². The Kier molecular flexibility index (Phi) is 10.1. The van der Waals surface area contributed by atoms with Crippen molar-refractivity contribution in [1.82, 2.24) is 0 Å². The lowest BCUT2D eigenvalue weighted by Gasteiger charge is -2.21. The first kappa shape index (κ1) is 19.5. The van der Waals surface area contributed by atoms with E-state index in [0.29, 0.717) is 12.8 Å². The summed E-state index contributed by atoms with van der Waals surface area (Å²) in [5, 5.41) is 9.74. The molecular formula is C14H28O5S. The van der Waals surface area contributed by atoms with Crippen LogP contribution in [0.4, 0.5) is 0 Å². The molecule has 0 bridgehead atoms. The average Bonchev–Trinajstić information content (AvgIpc) is 2.28. The molecule has 0 spiro atoms. The summed E-state index contributed by atoms with van der Waals surface area (Å²) in [6.45, 7) is 1.38. The second kappa shape index (κ2) is 10.3. The first-order chi connectivity index (χ1) is 9.27. The molecule has 0 aliphatic rings. The quantitative estimate of drug-likeness (QED) is 0.245. The van der Waals surface area contributed by atoms with E-state index >= 15 is 0 Å². The number of aliphatic hydroxyl groups is 1. The number of carbonyl (C=O) groups excluding carboxylic acids is 1.